The van der Waals surface area contributed by atoms with Crippen molar-refractivity contribution >= 4 is 27.3 Å². The minimum atomic E-state index is 0.534. The zero-order chi connectivity index (χ0) is 15.0. The van der Waals surface area contributed by atoms with Gasteiger partial charge in [-0.05, 0) is 59.8 Å². The molecule has 0 bridgehead atoms. The SMILES string of the molecule is CCCCC(CC)CC(NCCC)c1cc(C)c(Br)s1. The Morgan fingerprint density at radius 2 is 2.00 bits per heavy atom. The molecule has 2 unspecified atom stereocenters. The van der Waals surface area contributed by atoms with Gasteiger partial charge in [0.25, 0.3) is 0 Å². The molecule has 2 atom stereocenters. The molecule has 0 fully saturated rings. The number of rotatable bonds is 10. The van der Waals surface area contributed by atoms with Crippen molar-refractivity contribution in [3.8, 4) is 0 Å². The first-order valence-corrected chi connectivity index (χ1v) is 9.72. The van der Waals surface area contributed by atoms with E-state index in [9.17, 15) is 0 Å². The standard InChI is InChI=1S/C17H30BrNS/c1-5-8-9-14(7-3)12-15(19-10-6-2)16-11-13(4)17(18)20-16/h11,14-15,19H,5-10,12H2,1-4H3. The highest BCUT2D eigenvalue weighted by Gasteiger charge is 2.19. The molecular formula is C17H30BrNS. The fourth-order valence-corrected chi connectivity index (χ4v) is 4.25. The average Bonchev–Trinajstić information content (AvgIpc) is 2.78. The zero-order valence-electron chi connectivity index (χ0n) is 13.5. The number of nitrogens with one attached hydrogen (secondary N) is 1. The van der Waals surface area contributed by atoms with E-state index in [1.165, 1.54) is 52.8 Å². The second-order valence-electron chi connectivity index (χ2n) is 5.76. The predicted molar refractivity (Wildman–Crippen MR) is 95.7 cm³/mol. The van der Waals surface area contributed by atoms with Crippen molar-refractivity contribution in [2.45, 2.75) is 72.3 Å². The molecule has 0 spiro atoms. The van der Waals surface area contributed by atoms with E-state index in [0.29, 0.717) is 6.04 Å². The van der Waals surface area contributed by atoms with E-state index in [0.717, 1.165) is 12.5 Å². The van der Waals surface area contributed by atoms with Crippen LogP contribution in [0, 0.1) is 12.8 Å². The lowest BCUT2D eigenvalue weighted by Crippen LogP contribution is -2.23. The van der Waals surface area contributed by atoms with E-state index in [1.54, 1.807) is 0 Å². The van der Waals surface area contributed by atoms with Crippen LogP contribution in [0.3, 0.4) is 0 Å². The number of hydrogen-bond acceptors (Lipinski definition) is 2. The van der Waals surface area contributed by atoms with Gasteiger partial charge in [-0.2, -0.15) is 0 Å². The summed E-state index contributed by atoms with van der Waals surface area (Å²) in [6.45, 7) is 10.2. The highest BCUT2D eigenvalue weighted by atomic mass is 79.9. The fraction of sp³-hybridized carbons (Fsp3) is 0.765. The lowest BCUT2D eigenvalue weighted by Gasteiger charge is -2.23. The number of hydrogen-bond donors (Lipinski definition) is 1. The smallest absolute Gasteiger partial charge is 0.0731 e. The van der Waals surface area contributed by atoms with Crippen LogP contribution in [0.2, 0.25) is 0 Å². The number of halogens is 1. The highest BCUT2D eigenvalue weighted by Crippen LogP contribution is 2.35. The van der Waals surface area contributed by atoms with Crippen LogP contribution in [0.25, 0.3) is 0 Å². The first-order chi connectivity index (χ1) is 9.62. The summed E-state index contributed by atoms with van der Waals surface area (Å²) in [5.74, 6) is 0.852. The summed E-state index contributed by atoms with van der Waals surface area (Å²) in [7, 11) is 0. The number of thiophene rings is 1. The highest BCUT2D eigenvalue weighted by molar-refractivity contribution is 9.11. The second kappa shape index (κ2) is 9.97. The maximum atomic E-state index is 3.76. The van der Waals surface area contributed by atoms with Gasteiger partial charge in [0.1, 0.15) is 0 Å². The Balaban J connectivity index is 2.72. The molecular weight excluding hydrogens is 330 g/mol. The topological polar surface area (TPSA) is 12.0 Å². The van der Waals surface area contributed by atoms with Gasteiger partial charge in [0, 0.05) is 10.9 Å². The molecule has 0 aliphatic heterocycles. The Labute approximate surface area is 137 Å². The normalized spacial score (nSPS) is 14.4. The molecule has 116 valence electrons. The van der Waals surface area contributed by atoms with Crippen LogP contribution in [-0.4, -0.2) is 6.54 Å². The predicted octanol–water partition coefficient (Wildman–Crippen LogP) is 6.47. The van der Waals surface area contributed by atoms with Crippen molar-refractivity contribution in [1.82, 2.24) is 5.32 Å². The van der Waals surface area contributed by atoms with E-state index >= 15 is 0 Å². The largest absolute Gasteiger partial charge is 0.309 e. The van der Waals surface area contributed by atoms with Crippen molar-refractivity contribution in [3.63, 3.8) is 0 Å². The van der Waals surface area contributed by atoms with Crippen LogP contribution < -0.4 is 5.32 Å². The first-order valence-electron chi connectivity index (χ1n) is 8.11. The zero-order valence-corrected chi connectivity index (χ0v) is 15.9. The molecule has 0 radical (unpaired) electrons. The molecule has 0 saturated carbocycles. The minimum Gasteiger partial charge on any atom is -0.309 e. The van der Waals surface area contributed by atoms with Crippen LogP contribution in [0.5, 0.6) is 0 Å². The van der Waals surface area contributed by atoms with Gasteiger partial charge in [-0.15, -0.1) is 11.3 Å². The van der Waals surface area contributed by atoms with Gasteiger partial charge in [-0.3, -0.25) is 0 Å². The first kappa shape index (κ1) is 18.2. The maximum absolute atomic E-state index is 3.76. The third-order valence-electron chi connectivity index (χ3n) is 3.97. The molecule has 0 aliphatic carbocycles. The van der Waals surface area contributed by atoms with Gasteiger partial charge in [-0.1, -0.05) is 46.5 Å². The monoisotopic (exact) mass is 359 g/mol. The lowest BCUT2D eigenvalue weighted by molar-refractivity contribution is 0.356. The summed E-state index contributed by atoms with van der Waals surface area (Å²) >= 11 is 5.57. The van der Waals surface area contributed by atoms with Crippen LogP contribution >= 0.6 is 27.3 Å². The summed E-state index contributed by atoms with van der Waals surface area (Å²) in [6, 6.07) is 2.89. The molecule has 0 aliphatic rings. The van der Waals surface area contributed by atoms with Crippen LogP contribution in [0.15, 0.2) is 9.85 Å². The Morgan fingerprint density at radius 1 is 1.25 bits per heavy atom. The third kappa shape index (κ3) is 5.87. The number of unbranched alkanes of at least 4 members (excludes halogenated alkanes) is 1. The van der Waals surface area contributed by atoms with Crippen LogP contribution in [-0.2, 0) is 0 Å². The van der Waals surface area contributed by atoms with Gasteiger partial charge in [0.2, 0.25) is 0 Å². The lowest BCUT2D eigenvalue weighted by atomic mass is 9.91. The Morgan fingerprint density at radius 3 is 2.50 bits per heavy atom. The van der Waals surface area contributed by atoms with Gasteiger partial charge in [0.05, 0.1) is 3.79 Å². The van der Waals surface area contributed by atoms with E-state index in [4.69, 9.17) is 0 Å². The molecule has 1 rings (SSSR count). The van der Waals surface area contributed by atoms with E-state index < -0.39 is 0 Å². The summed E-state index contributed by atoms with van der Waals surface area (Å²) in [4.78, 5) is 1.50. The average molecular weight is 360 g/mol. The Bertz CT molecular complexity index is 356. The van der Waals surface area contributed by atoms with Gasteiger partial charge in [-0.25, -0.2) is 0 Å². The van der Waals surface area contributed by atoms with Crippen molar-refractivity contribution in [2.24, 2.45) is 5.92 Å². The summed E-state index contributed by atoms with van der Waals surface area (Å²) in [5.41, 5.74) is 1.37. The van der Waals surface area contributed by atoms with Crippen LogP contribution in [0.1, 0.15) is 75.8 Å². The van der Waals surface area contributed by atoms with Gasteiger partial charge < -0.3 is 5.32 Å². The van der Waals surface area contributed by atoms with E-state index in [2.05, 4.69) is 55.0 Å². The van der Waals surface area contributed by atoms with E-state index in [1.807, 2.05) is 11.3 Å². The molecule has 1 aromatic rings. The maximum Gasteiger partial charge on any atom is 0.0731 e. The Kier molecular flexibility index (Phi) is 9.06. The van der Waals surface area contributed by atoms with Crippen LogP contribution in [0.4, 0.5) is 0 Å². The molecule has 0 aromatic carbocycles. The van der Waals surface area contributed by atoms with Gasteiger partial charge in [0.15, 0.2) is 0 Å². The quantitative estimate of drug-likeness (QED) is 0.504. The summed E-state index contributed by atoms with van der Waals surface area (Å²) in [6.07, 6.45) is 7.84. The second-order valence-corrected chi connectivity index (χ2v) is 8.17. The molecule has 1 aromatic heterocycles. The van der Waals surface area contributed by atoms with Crippen molar-refractivity contribution < 1.29 is 0 Å². The van der Waals surface area contributed by atoms with Gasteiger partial charge >= 0.3 is 0 Å². The molecule has 0 saturated heterocycles. The molecule has 20 heavy (non-hydrogen) atoms. The van der Waals surface area contributed by atoms with E-state index in [-0.39, 0.29) is 0 Å². The molecule has 0 amide bonds. The third-order valence-corrected chi connectivity index (χ3v) is 6.22. The molecule has 1 heterocycles. The number of aryl methyl sites for hydroxylation is 1. The molecule has 3 heteroatoms. The summed E-state index contributed by atoms with van der Waals surface area (Å²) < 4.78 is 1.29. The Hall–Kier alpha value is 0.140. The minimum absolute atomic E-state index is 0.534. The fourth-order valence-electron chi connectivity index (χ4n) is 2.59. The molecule has 1 nitrogen and oxygen atoms in total. The summed E-state index contributed by atoms with van der Waals surface area (Å²) in [5, 5.41) is 3.76. The molecule has 1 N–H and O–H groups in total. The van der Waals surface area contributed by atoms with Crippen molar-refractivity contribution in [2.75, 3.05) is 6.54 Å². The van der Waals surface area contributed by atoms with Crippen molar-refractivity contribution in [1.29, 1.82) is 0 Å². The van der Waals surface area contributed by atoms with Crippen molar-refractivity contribution in [3.05, 3.63) is 20.3 Å².